The van der Waals surface area contributed by atoms with Gasteiger partial charge in [-0.25, -0.2) is 0 Å². The fraction of sp³-hybridized carbons (Fsp3) is 0.435. The van der Waals surface area contributed by atoms with Crippen LogP contribution in [0.25, 0.3) is 0 Å². The number of carbonyl (C=O) groups is 2. The van der Waals surface area contributed by atoms with E-state index in [4.69, 9.17) is 4.74 Å². The van der Waals surface area contributed by atoms with Crippen molar-refractivity contribution in [1.82, 2.24) is 15.6 Å². The van der Waals surface area contributed by atoms with Crippen LogP contribution < -0.4 is 15.4 Å². The van der Waals surface area contributed by atoms with Crippen molar-refractivity contribution in [2.45, 2.75) is 57.2 Å². The van der Waals surface area contributed by atoms with Crippen LogP contribution in [0.4, 0.5) is 0 Å². The molecule has 3 N–H and O–H groups in total. The summed E-state index contributed by atoms with van der Waals surface area (Å²) in [7, 11) is 0. The fourth-order valence-electron chi connectivity index (χ4n) is 4.47. The van der Waals surface area contributed by atoms with E-state index in [9.17, 15) is 14.7 Å². The first-order valence-electron chi connectivity index (χ1n) is 10.2. The van der Waals surface area contributed by atoms with Crippen molar-refractivity contribution in [3.63, 3.8) is 0 Å². The van der Waals surface area contributed by atoms with Crippen molar-refractivity contribution in [3.05, 3.63) is 58.9 Å². The summed E-state index contributed by atoms with van der Waals surface area (Å²) in [5.74, 6) is 0.274. The van der Waals surface area contributed by atoms with E-state index in [2.05, 4.69) is 15.6 Å². The Morgan fingerprint density at radius 1 is 1.10 bits per heavy atom. The van der Waals surface area contributed by atoms with Crippen LogP contribution in [-0.4, -0.2) is 39.6 Å². The third kappa shape index (κ3) is 3.89. The molecule has 7 heteroatoms. The number of aliphatic hydroxyl groups excluding tert-OH is 1. The van der Waals surface area contributed by atoms with Crippen molar-refractivity contribution < 1.29 is 19.4 Å². The van der Waals surface area contributed by atoms with Gasteiger partial charge in [-0.3, -0.25) is 14.6 Å². The molecule has 3 aliphatic carbocycles. The summed E-state index contributed by atoms with van der Waals surface area (Å²) in [5, 5.41) is 15.8. The quantitative estimate of drug-likeness (QED) is 0.652. The highest BCUT2D eigenvalue weighted by Gasteiger charge is 2.69. The molecule has 2 bridgehead atoms. The summed E-state index contributed by atoms with van der Waals surface area (Å²) >= 11 is 0. The third-order valence-corrected chi connectivity index (χ3v) is 6.16. The summed E-state index contributed by atoms with van der Waals surface area (Å²) in [6.45, 7) is 5.66. The summed E-state index contributed by atoms with van der Waals surface area (Å²) in [6.07, 6.45) is 2.99. The Bertz CT molecular complexity index is 982. The van der Waals surface area contributed by atoms with Gasteiger partial charge in [-0.2, -0.15) is 0 Å². The normalized spacial score (nSPS) is 24.8. The van der Waals surface area contributed by atoms with E-state index in [1.807, 2.05) is 32.0 Å². The molecule has 3 saturated carbocycles. The fourth-order valence-corrected chi connectivity index (χ4v) is 4.47. The molecule has 0 radical (unpaired) electrons. The zero-order valence-electron chi connectivity index (χ0n) is 17.5. The average molecular weight is 409 g/mol. The van der Waals surface area contributed by atoms with E-state index in [0.717, 1.165) is 5.56 Å². The lowest BCUT2D eigenvalue weighted by Gasteiger charge is -2.70. The smallest absolute Gasteiger partial charge is 0.270 e. The lowest BCUT2D eigenvalue weighted by atomic mass is 9.44. The van der Waals surface area contributed by atoms with Crippen LogP contribution in [0.1, 0.15) is 59.5 Å². The molecular formula is C23H27N3O4. The second kappa shape index (κ2) is 7.40. The van der Waals surface area contributed by atoms with Gasteiger partial charge in [0, 0.05) is 17.3 Å². The number of hydrogen-bond donors (Lipinski definition) is 3. The maximum atomic E-state index is 12.5. The maximum absolute atomic E-state index is 12.5. The number of carbonyl (C=O) groups excluding carboxylic acids is 2. The zero-order chi connectivity index (χ0) is 21.5. The summed E-state index contributed by atoms with van der Waals surface area (Å²) in [5.41, 5.74) is 2.73. The van der Waals surface area contributed by atoms with E-state index >= 15 is 0 Å². The number of aryl methyl sites for hydroxylation is 2. The second-order valence-electron chi connectivity index (χ2n) is 8.78. The topological polar surface area (TPSA) is 101 Å². The first-order valence-corrected chi connectivity index (χ1v) is 10.2. The van der Waals surface area contributed by atoms with Crippen molar-refractivity contribution in [2.24, 2.45) is 0 Å². The van der Waals surface area contributed by atoms with Gasteiger partial charge >= 0.3 is 0 Å². The van der Waals surface area contributed by atoms with Gasteiger partial charge in [0.1, 0.15) is 11.4 Å². The predicted octanol–water partition coefficient (Wildman–Crippen LogP) is 2.35. The molecule has 0 spiro atoms. The van der Waals surface area contributed by atoms with Gasteiger partial charge in [0.15, 0.2) is 6.61 Å². The highest BCUT2D eigenvalue weighted by Crippen LogP contribution is 2.60. The summed E-state index contributed by atoms with van der Waals surface area (Å²) in [6, 6.07) is 9.05. The Kier molecular flexibility index (Phi) is 5.02. The lowest BCUT2D eigenvalue weighted by Crippen LogP contribution is -2.84. The molecule has 2 amide bonds. The number of hydrogen-bond acceptors (Lipinski definition) is 5. The second-order valence-corrected chi connectivity index (χ2v) is 8.78. The largest absolute Gasteiger partial charge is 0.484 e. The van der Waals surface area contributed by atoms with Gasteiger partial charge in [-0.05, 0) is 81.0 Å². The minimum absolute atomic E-state index is 0.0281. The van der Waals surface area contributed by atoms with Crippen molar-refractivity contribution >= 4 is 11.8 Å². The highest BCUT2D eigenvalue weighted by atomic mass is 16.5. The van der Waals surface area contributed by atoms with Gasteiger partial charge in [-0.1, -0.05) is 6.07 Å². The Morgan fingerprint density at radius 2 is 1.80 bits per heavy atom. The number of nitrogens with zero attached hydrogens (tertiary/aromatic N) is 1. The molecule has 1 atom stereocenters. The van der Waals surface area contributed by atoms with Gasteiger partial charge in [0.05, 0.1) is 6.10 Å². The first kappa shape index (κ1) is 20.3. The number of nitrogens with one attached hydrogen (secondary N) is 2. The number of benzene rings is 1. The molecule has 7 nitrogen and oxygen atoms in total. The van der Waals surface area contributed by atoms with E-state index in [0.29, 0.717) is 30.6 Å². The first-order chi connectivity index (χ1) is 14.2. The Hall–Kier alpha value is -2.93. The third-order valence-electron chi connectivity index (χ3n) is 6.16. The van der Waals surface area contributed by atoms with E-state index in [-0.39, 0.29) is 35.2 Å². The molecule has 2 aromatic rings. The molecule has 1 heterocycles. The van der Waals surface area contributed by atoms with Crippen LogP contribution in [0.15, 0.2) is 36.5 Å². The molecule has 5 rings (SSSR count). The van der Waals surface area contributed by atoms with Crippen LogP contribution in [0.5, 0.6) is 5.75 Å². The number of aliphatic hydroxyl groups is 1. The van der Waals surface area contributed by atoms with Crippen molar-refractivity contribution in [3.8, 4) is 5.75 Å². The molecule has 158 valence electrons. The van der Waals surface area contributed by atoms with E-state index in [1.54, 1.807) is 19.1 Å². The molecule has 3 fully saturated rings. The number of ether oxygens (including phenoxy) is 1. The Balaban J connectivity index is 1.25. The van der Waals surface area contributed by atoms with Gasteiger partial charge in [-0.15, -0.1) is 0 Å². The molecule has 30 heavy (non-hydrogen) atoms. The van der Waals surface area contributed by atoms with Crippen LogP contribution in [-0.2, 0) is 4.79 Å². The van der Waals surface area contributed by atoms with Crippen LogP contribution >= 0.6 is 0 Å². The van der Waals surface area contributed by atoms with Gasteiger partial charge < -0.3 is 20.5 Å². The molecule has 0 aliphatic heterocycles. The van der Waals surface area contributed by atoms with Crippen molar-refractivity contribution in [1.29, 1.82) is 0 Å². The number of rotatable bonds is 7. The number of amides is 2. The minimum Gasteiger partial charge on any atom is -0.484 e. The SMILES string of the molecule is Cc1ccc(OCC(=O)NC23CC(NC(=O)c4cc(C(C)O)ccn4)(C2)C3)cc1C. The lowest BCUT2D eigenvalue weighted by molar-refractivity contribution is -0.141. The standard InChI is InChI=1S/C23H27N3O4/c1-14-4-5-18(8-15(14)2)30-10-20(28)25-22-11-23(12-22,13-22)26-21(29)19-9-17(16(3)27)6-7-24-19/h4-9,16,27H,10-13H2,1-3H3,(H,25,28)(H,26,29). The average Bonchev–Trinajstić information content (AvgIpc) is 2.66. The summed E-state index contributed by atoms with van der Waals surface area (Å²) in [4.78, 5) is 28.9. The van der Waals surface area contributed by atoms with E-state index < -0.39 is 6.10 Å². The minimum atomic E-state index is -0.654. The van der Waals surface area contributed by atoms with E-state index in [1.165, 1.54) is 11.8 Å². The number of aromatic nitrogens is 1. The van der Waals surface area contributed by atoms with Crippen molar-refractivity contribution in [2.75, 3.05) is 6.61 Å². The van der Waals surface area contributed by atoms with Crippen LogP contribution in [0.2, 0.25) is 0 Å². The molecule has 1 unspecified atom stereocenters. The highest BCUT2D eigenvalue weighted by molar-refractivity contribution is 5.93. The van der Waals surface area contributed by atoms with Crippen LogP contribution in [0, 0.1) is 13.8 Å². The Morgan fingerprint density at radius 3 is 2.47 bits per heavy atom. The molecule has 3 aliphatic rings. The Labute approximate surface area is 175 Å². The molecular weight excluding hydrogens is 382 g/mol. The number of pyridine rings is 1. The summed E-state index contributed by atoms with van der Waals surface area (Å²) < 4.78 is 5.60. The molecule has 1 aromatic heterocycles. The van der Waals surface area contributed by atoms with Gasteiger partial charge in [0.2, 0.25) is 0 Å². The zero-order valence-corrected chi connectivity index (χ0v) is 17.5. The van der Waals surface area contributed by atoms with Gasteiger partial charge in [0.25, 0.3) is 11.8 Å². The van der Waals surface area contributed by atoms with Crippen LogP contribution in [0.3, 0.4) is 0 Å². The maximum Gasteiger partial charge on any atom is 0.270 e. The monoisotopic (exact) mass is 409 g/mol. The predicted molar refractivity (Wildman–Crippen MR) is 111 cm³/mol. The molecule has 1 aromatic carbocycles. The molecule has 0 saturated heterocycles.